The summed E-state index contributed by atoms with van der Waals surface area (Å²) in [4.78, 5) is 34.0. The molecular weight excluding hydrogens is 238 g/mol. The minimum atomic E-state index is -0.664. The van der Waals surface area contributed by atoms with Crippen LogP contribution in [-0.2, 0) is 20.9 Å². The lowest BCUT2D eigenvalue weighted by atomic mass is 10.1. The molecular formula is C10H13N5O3. The summed E-state index contributed by atoms with van der Waals surface area (Å²) in [6, 6.07) is -0.664. The van der Waals surface area contributed by atoms with Crippen molar-refractivity contribution in [2.24, 2.45) is 0 Å². The number of carbonyl (C=O) groups excluding carboxylic acids is 3. The van der Waals surface area contributed by atoms with Crippen LogP contribution >= 0.6 is 0 Å². The standard InChI is InChI=1S/C10H13N5O3/c11-6-3-12-15(4-6)5-9(17)13-7-1-2-8(16)14-10(7)18/h3-4,7H,1-2,5,11H2,(H,13,17)(H,14,16,18). The van der Waals surface area contributed by atoms with Gasteiger partial charge in [0.15, 0.2) is 0 Å². The number of rotatable bonds is 3. The summed E-state index contributed by atoms with van der Waals surface area (Å²) < 4.78 is 1.37. The van der Waals surface area contributed by atoms with Crippen LogP contribution in [0.3, 0.4) is 0 Å². The monoisotopic (exact) mass is 251 g/mol. The second-order valence-corrected chi connectivity index (χ2v) is 4.04. The zero-order valence-electron chi connectivity index (χ0n) is 9.55. The topological polar surface area (TPSA) is 119 Å². The third-order valence-electron chi connectivity index (χ3n) is 2.53. The van der Waals surface area contributed by atoms with E-state index in [2.05, 4.69) is 15.7 Å². The molecule has 4 N–H and O–H groups in total. The smallest absolute Gasteiger partial charge is 0.249 e. The zero-order valence-corrected chi connectivity index (χ0v) is 9.55. The highest BCUT2D eigenvalue weighted by Gasteiger charge is 2.27. The molecule has 0 saturated carbocycles. The van der Waals surface area contributed by atoms with Crippen molar-refractivity contribution >= 4 is 23.4 Å². The number of amides is 3. The van der Waals surface area contributed by atoms with Crippen LogP contribution in [0.25, 0.3) is 0 Å². The van der Waals surface area contributed by atoms with Crippen LogP contribution < -0.4 is 16.4 Å². The minimum Gasteiger partial charge on any atom is -0.396 e. The van der Waals surface area contributed by atoms with Gasteiger partial charge in [-0.1, -0.05) is 0 Å². The molecule has 0 aromatic carbocycles. The summed E-state index contributed by atoms with van der Waals surface area (Å²) in [6.45, 7) is -0.0189. The fraction of sp³-hybridized carbons (Fsp3) is 0.400. The largest absolute Gasteiger partial charge is 0.396 e. The Balaban J connectivity index is 1.87. The molecule has 2 heterocycles. The molecule has 3 amide bonds. The molecule has 96 valence electrons. The van der Waals surface area contributed by atoms with E-state index in [9.17, 15) is 14.4 Å². The summed E-state index contributed by atoms with van der Waals surface area (Å²) in [6.07, 6.45) is 3.49. The van der Waals surface area contributed by atoms with E-state index in [-0.39, 0.29) is 24.8 Å². The van der Waals surface area contributed by atoms with Gasteiger partial charge in [0.25, 0.3) is 0 Å². The third kappa shape index (κ3) is 2.84. The summed E-state index contributed by atoms with van der Waals surface area (Å²) in [5.41, 5.74) is 5.92. The van der Waals surface area contributed by atoms with Crippen molar-refractivity contribution in [3.05, 3.63) is 12.4 Å². The number of nitrogens with one attached hydrogen (secondary N) is 2. The second-order valence-electron chi connectivity index (χ2n) is 4.04. The predicted molar refractivity (Wildman–Crippen MR) is 61.0 cm³/mol. The lowest BCUT2D eigenvalue weighted by Crippen LogP contribution is -2.52. The maximum atomic E-state index is 11.6. The number of hydrogen-bond donors (Lipinski definition) is 3. The minimum absolute atomic E-state index is 0.0189. The van der Waals surface area contributed by atoms with Crippen LogP contribution in [0.5, 0.6) is 0 Å². The Hall–Kier alpha value is -2.38. The van der Waals surface area contributed by atoms with E-state index in [1.165, 1.54) is 17.1 Å². The maximum absolute atomic E-state index is 11.6. The summed E-state index contributed by atoms with van der Waals surface area (Å²) in [5, 5.41) is 8.57. The first-order chi connectivity index (χ1) is 8.54. The Morgan fingerprint density at radius 1 is 1.61 bits per heavy atom. The van der Waals surface area contributed by atoms with E-state index in [1.54, 1.807) is 0 Å². The first-order valence-electron chi connectivity index (χ1n) is 5.45. The fourth-order valence-electron chi connectivity index (χ4n) is 1.68. The number of carbonyl (C=O) groups is 3. The molecule has 1 aliphatic heterocycles. The summed E-state index contributed by atoms with van der Waals surface area (Å²) in [7, 11) is 0. The van der Waals surface area contributed by atoms with Gasteiger partial charge in [-0.3, -0.25) is 24.4 Å². The molecule has 1 aromatic rings. The number of piperidine rings is 1. The van der Waals surface area contributed by atoms with E-state index in [0.717, 1.165) is 0 Å². The molecule has 8 heteroatoms. The fourth-order valence-corrected chi connectivity index (χ4v) is 1.68. The molecule has 1 saturated heterocycles. The molecule has 0 bridgehead atoms. The lowest BCUT2D eigenvalue weighted by Gasteiger charge is -2.21. The average Bonchev–Trinajstić information content (AvgIpc) is 2.68. The number of imide groups is 1. The highest BCUT2D eigenvalue weighted by molar-refractivity contribution is 6.01. The number of anilines is 1. The zero-order chi connectivity index (χ0) is 13.1. The Bertz CT molecular complexity index is 495. The molecule has 8 nitrogen and oxygen atoms in total. The lowest BCUT2D eigenvalue weighted by molar-refractivity contribution is -0.137. The summed E-state index contributed by atoms with van der Waals surface area (Å²) in [5.74, 6) is -1.14. The van der Waals surface area contributed by atoms with E-state index in [4.69, 9.17) is 5.73 Å². The number of nitrogen functional groups attached to an aromatic ring is 1. The van der Waals surface area contributed by atoms with Crippen LogP contribution in [0.1, 0.15) is 12.8 Å². The number of nitrogens with two attached hydrogens (primary N) is 1. The molecule has 1 aliphatic rings. The van der Waals surface area contributed by atoms with Crippen molar-refractivity contribution < 1.29 is 14.4 Å². The van der Waals surface area contributed by atoms with E-state index < -0.39 is 11.9 Å². The van der Waals surface area contributed by atoms with Gasteiger partial charge in [0, 0.05) is 12.6 Å². The normalized spacial score (nSPS) is 19.4. The number of hydrogen-bond acceptors (Lipinski definition) is 5. The van der Waals surface area contributed by atoms with Gasteiger partial charge in [-0.05, 0) is 6.42 Å². The Kier molecular flexibility index (Phi) is 3.26. The SMILES string of the molecule is Nc1cnn(CC(=O)NC2CCC(=O)NC2=O)c1. The Morgan fingerprint density at radius 3 is 3.00 bits per heavy atom. The first kappa shape index (κ1) is 12.1. The van der Waals surface area contributed by atoms with Crippen LogP contribution in [0, 0.1) is 0 Å². The van der Waals surface area contributed by atoms with Crippen molar-refractivity contribution in [3.8, 4) is 0 Å². The van der Waals surface area contributed by atoms with Gasteiger partial charge in [-0.15, -0.1) is 0 Å². The second kappa shape index (κ2) is 4.86. The van der Waals surface area contributed by atoms with Gasteiger partial charge in [0.1, 0.15) is 12.6 Å². The molecule has 0 aliphatic carbocycles. The highest BCUT2D eigenvalue weighted by Crippen LogP contribution is 2.04. The number of aromatic nitrogens is 2. The van der Waals surface area contributed by atoms with Crippen molar-refractivity contribution in [1.29, 1.82) is 0 Å². The Labute approximate surface area is 103 Å². The van der Waals surface area contributed by atoms with Gasteiger partial charge in [-0.25, -0.2) is 0 Å². The molecule has 1 atom stereocenters. The van der Waals surface area contributed by atoms with E-state index in [1.807, 2.05) is 0 Å². The molecule has 18 heavy (non-hydrogen) atoms. The molecule has 1 aromatic heterocycles. The van der Waals surface area contributed by atoms with Crippen molar-refractivity contribution in [2.75, 3.05) is 5.73 Å². The average molecular weight is 251 g/mol. The van der Waals surface area contributed by atoms with Crippen LogP contribution in [-0.4, -0.2) is 33.5 Å². The Morgan fingerprint density at radius 2 is 2.39 bits per heavy atom. The molecule has 0 radical (unpaired) electrons. The third-order valence-corrected chi connectivity index (χ3v) is 2.53. The molecule has 1 fully saturated rings. The quantitative estimate of drug-likeness (QED) is 0.558. The maximum Gasteiger partial charge on any atom is 0.249 e. The van der Waals surface area contributed by atoms with Gasteiger partial charge < -0.3 is 11.1 Å². The van der Waals surface area contributed by atoms with Crippen molar-refractivity contribution in [1.82, 2.24) is 20.4 Å². The van der Waals surface area contributed by atoms with Crippen LogP contribution in [0.15, 0.2) is 12.4 Å². The first-order valence-corrected chi connectivity index (χ1v) is 5.45. The molecule has 2 rings (SSSR count). The van der Waals surface area contributed by atoms with Gasteiger partial charge in [0.05, 0.1) is 11.9 Å². The van der Waals surface area contributed by atoms with Crippen molar-refractivity contribution in [3.63, 3.8) is 0 Å². The van der Waals surface area contributed by atoms with E-state index in [0.29, 0.717) is 12.1 Å². The summed E-state index contributed by atoms with van der Waals surface area (Å²) >= 11 is 0. The van der Waals surface area contributed by atoms with Gasteiger partial charge >= 0.3 is 0 Å². The predicted octanol–water partition coefficient (Wildman–Crippen LogP) is -1.61. The molecule has 1 unspecified atom stereocenters. The molecule has 0 spiro atoms. The van der Waals surface area contributed by atoms with E-state index >= 15 is 0 Å². The van der Waals surface area contributed by atoms with Crippen LogP contribution in [0.4, 0.5) is 5.69 Å². The van der Waals surface area contributed by atoms with Gasteiger partial charge in [0.2, 0.25) is 17.7 Å². The van der Waals surface area contributed by atoms with Gasteiger partial charge in [-0.2, -0.15) is 5.10 Å². The highest BCUT2D eigenvalue weighted by atomic mass is 16.2. The van der Waals surface area contributed by atoms with Crippen LogP contribution in [0.2, 0.25) is 0 Å². The number of nitrogens with zero attached hydrogens (tertiary/aromatic N) is 2. The van der Waals surface area contributed by atoms with Crippen molar-refractivity contribution in [2.45, 2.75) is 25.4 Å².